The molecule has 1 amide bonds. The molecule has 1 aromatic heterocycles. The molecule has 0 atom stereocenters. The number of amides is 1. The molecule has 74 valence electrons. The standard InChI is InChI=1S/C9H11N3OS/c1-2-7(13)10-5-8-11-12-9(14-8)6-3-4-6/h2,6H,1,3-5H2,(H,10,13). The first-order chi connectivity index (χ1) is 6.79. The lowest BCUT2D eigenvalue weighted by molar-refractivity contribution is -0.116. The Morgan fingerprint density at radius 1 is 1.64 bits per heavy atom. The van der Waals surface area contributed by atoms with E-state index in [4.69, 9.17) is 0 Å². The van der Waals surface area contributed by atoms with Crippen LogP contribution in [-0.4, -0.2) is 16.1 Å². The molecular weight excluding hydrogens is 198 g/mol. The van der Waals surface area contributed by atoms with E-state index in [1.807, 2.05) is 0 Å². The molecule has 0 radical (unpaired) electrons. The highest BCUT2D eigenvalue weighted by Crippen LogP contribution is 2.41. The monoisotopic (exact) mass is 209 g/mol. The smallest absolute Gasteiger partial charge is 0.243 e. The number of hydrogen-bond donors (Lipinski definition) is 1. The summed E-state index contributed by atoms with van der Waals surface area (Å²) in [6.45, 7) is 3.83. The van der Waals surface area contributed by atoms with E-state index in [1.54, 1.807) is 11.3 Å². The van der Waals surface area contributed by atoms with E-state index in [1.165, 1.54) is 18.9 Å². The zero-order valence-electron chi connectivity index (χ0n) is 7.69. The van der Waals surface area contributed by atoms with Gasteiger partial charge in [-0.25, -0.2) is 0 Å². The Kier molecular flexibility index (Phi) is 2.58. The van der Waals surface area contributed by atoms with Crippen LogP contribution >= 0.6 is 11.3 Å². The fraction of sp³-hybridized carbons (Fsp3) is 0.444. The molecule has 0 aliphatic heterocycles. The minimum atomic E-state index is -0.173. The van der Waals surface area contributed by atoms with Crippen LogP contribution in [0, 0.1) is 0 Å². The lowest BCUT2D eigenvalue weighted by Crippen LogP contribution is -2.19. The van der Waals surface area contributed by atoms with Crippen LogP contribution in [-0.2, 0) is 11.3 Å². The quantitative estimate of drug-likeness (QED) is 0.758. The van der Waals surface area contributed by atoms with Crippen molar-refractivity contribution < 1.29 is 4.79 Å². The average Bonchev–Trinajstić information content (AvgIpc) is 2.95. The Labute approximate surface area is 86.1 Å². The van der Waals surface area contributed by atoms with Gasteiger partial charge in [0, 0.05) is 5.92 Å². The van der Waals surface area contributed by atoms with Gasteiger partial charge in [-0.15, -0.1) is 10.2 Å². The number of carbonyl (C=O) groups excluding carboxylic acids is 1. The molecule has 5 heteroatoms. The molecule has 1 fully saturated rings. The summed E-state index contributed by atoms with van der Waals surface area (Å²) < 4.78 is 0. The van der Waals surface area contributed by atoms with Crippen LogP contribution in [0.4, 0.5) is 0 Å². The lowest BCUT2D eigenvalue weighted by atomic mass is 10.5. The van der Waals surface area contributed by atoms with E-state index in [2.05, 4.69) is 22.1 Å². The minimum absolute atomic E-state index is 0.173. The van der Waals surface area contributed by atoms with E-state index in [0.717, 1.165) is 10.0 Å². The average molecular weight is 209 g/mol. The van der Waals surface area contributed by atoms with Crippen LogP contribution in [0.2, 0.25) is 0 Å². The molecule has 1 N–H and O–H groups in total. The van der Waals surface area contributed by atoms with Crippen molar-refractivity contribution in [2.75, 3.05) is 0 Å². The molecule has 1 aliphatic carbocycles. The van der Waals surface area contributed by atoms with Crippen molar-refractivity contribution in [1.82, 2.24) is 15.5 Å². The van der Waals surface area contributed by atoms with Gasteiger partial charge in [0.1, 0.15) is 10.0 Å². The molecular formula is C9H11N3OS. The first kappa shape index (κ1) is 9.33. The van der Waals surface area contributed by atoms with Crippen molar-refractivity contribution in [3.05, 3.63) is 22.7 Å². The van der Waals surface area contributed by atoms with Gasteiger partial charge in [-0.05, 0) is 18.9 Å². The minimum Gasteiger partial charge on any atom is -0.346 e. The summed E-state index contributed by atoms with van der Waals surface area (Å²) in [6.07, 6.45) is 3.71. The number of carbonyl (C=O) groups is 1. The van der Waals surface area contributed by atoms with Gasteiger partial charge in [-0.2, -0.15) is 0 Å². The Morgan fingerprint density at radius 2 is 2.43 bits per heavy atom. The van der Waals surface area contributed by atoms with E-state index >= 15 is 0 Å². The molecule has 4 nitrogen and oxygen atoms in total. The highest BCUT2D eigenvalue weighted by molar-refractivity contribution is 7.11. The Bertz CT molecular complexity index is 357. The van der Waals surface area contributed by atoms with Crippen LogP contribution in [0.3, 0.4) is 0 Å². The Balaban J connectivity index is 1.89. The van der Waals surface area contributed by atoms with Crippen LogP contribution < -0.4 is 5.32 Å². The maximum Gasteiger partial charge on any atom is 0.243 e. The number of rotatable bonds is 4. The van der Waals surface area contributed by atoms with Crippen LogP contribution in [0.5, 0.6) is 0 Å². The van der Waals surface area contributed by atoms with Crippen LogP contribution in [0.25, 0.3) is 0 Å². The van der Waals surface area contributed by atoms with Crippen molar-refractivity contribution in [3.8, 4) is 0 Å². The molecule has 14 heavy (non-hydrogen) atoms. The first-order valence-electron chi connectivity index (χ1n) is 4.52. The third kappa shape index (κ3) is 2.17. The van der Waals surface area contributed by atoms with Crippen molar-refractivity contribution in [2.24, 2.45) is 0 Å². The highest BCUT2D eigenvalue weighted by Gasteiger charge is 2.27. The van der Waals surface area contributed by atoms with Crippen molar-refractivity contribution >= 4 is 17.2 Å². The topological polar surface area (TPSA) is 54.9 Å². The Hall–Kier alpha value is -1.23. The summed E-state index contributed by atoms with van der Waals surface area (Å²) in [6, 6.07) is 0. The summed E-state index contributed by atoms with van der Waals surface area (Å²) in [5.41, 5.74) is 0. The van der Waals surface area contributed by atoms with Gasteiger partial charge in [0.05, 0.1) is 6.54 Å². The zero-order valence-corrected chi connectivity index (χ0v) is 8.51. The molecule has 0 spiro atoms. The number of nitrogens with one attached hydrogen (secondary N) is 1. The summed E-state index contributed by atoms with van der Waals surface area (Å²) in [5, 5.41) is 12.7. The SMILES string of the molecule is C=CC(=O)NCc1nnc(C2CC2)s1. The third-order valence-corrected chi connectivity index (χ3v) is 3.09. The molecule has 1 aliphatic rings. The van der Waals surface area contributed by atoms with E-state index in [-0.39, 0.29) is 5.91 Å². The fourth-order valence-corrected chi connectivity index (χ4v) is 2.02. The number of nitrogens with zero attached hydrogens (tertiary/aromatic N) is 2. The molecule has 1 saturated carbocycles. The maximum absolute atomic E-state index is 10.9. The molecule has 1 heterocycles. The molecule has 0 saturated heterocycles. The summed E-state index contributed by atoms with van der Waals surface area (Å²) in [4.78, 5) is 10.9. The first-order valence-corrected chi connectivity index (χ1v) is 5.34. The van der Waals surface area contributed by atoms with Crippen LogP contribution in [0.1, 0.15) is 28.8 Å². The molecule has 0 bridgehead atoms. The molecule has 0 unspecified atom stereocenters. The normalized spacial score (nSPS) is 15.1. The second-order valence-corrected chi connectivity index (χ2v) is 4.32. The number of aromatic nitrogens is 2. The number of hydrogen-bond acceptors (Lipinski definition) is 4. The lowest BCUT2D eigenvalue weighted by Gasteiger charge is -1.95. The molecule has 1 aromatic rings. The van der Waals surface area contributed by atoms with Gasteiger partial charge in [0.2, 0.25) is 5.91 Å². The molecule has 0 aromatic carbocycles. The predicted molar refractivity (Wildman–Crippen MR) is 53.9 cm³/mol. The summed E-state index contributed by atoms with van der Waals surface area (Å²) in [7, 11) is 0. The van der Waals surface area contributed by atoms with Crippen molar-refractivity contribution in [1.29, 1.82) is 0 Å². The largest absolute Gasteiger partial charge is 0.346 e. The van der Waals surface area contributed by atoms with Crippen LogP contribution in [0.15, 0.2) is 12.7 Å². The van der Waals surface area contributed by atoms with Gasteiger partial charge in [0.15, 0.2) is 0 Å². The van der Waals surface area contributed by atoms with Crippen molar-refractivity contribution in [3.63, 3.8) is 0 Å². The second kappa shape index (κ2) is 3.88. The van der Waals surface area contributed by atoms with Gasteiger partial charge >= 0.3 is 0 Å². The predicted octanol–water partition coefficient (Wildman–Crippen LogP) is 1.22. The van der Waals surface area contributed by atoms with E-state index in [9.17, 15) is 4.79 Å². The summed E-state index contributed by atoms with van der Waals surface area (Å²) >= 11 is 1.58. The second-order valence-electron chi connectivity index (χ2n) is 3.23. The summed E-state index contributed by atoms with van der Waals surface area (Å²) in [5.74, 6) is 0.463. The highest BCUT2D eigenvalue weighted by atomic mass is 32.1. The van der Waals surface area contributed by atoms with Gasteiger partial charge in [-0.1, -0.05) is 17.9 Å². The third-order valence-electron chi connectivity index (χ3n) is 2.01. The fourth-order valence-electron chi connectivity index (χ4n) is 1.07. The van der Waals surface area contributed by atoms with Gasteiger partial charge in [0.25, 0.3) is 0 Å². The maximum atomic E-state index is 10.9. The zero-order chi connectivity index (χ0) is 9.97. The van der Waals surface area contributed by atoms with Gasteiger partial charge in [-0.3, -0.25) is 4.79 Å². The van der Waals surface area contributed by atoms with Crippen molar-refractivity contribution in [2.45, 2.75) is 25.3 Å². The van der Waals surface area contributed by atoms with Gasteiger partial charge < -0.3 is 5.32 Å². The van der Waals surface area contributed by atoms with E-state index in [0.29, 0.717) is 12.5 Å². The Morgan fingerprint density at radius 3 is 3.07 bits per heavy atom. The van der Waals surface area contributed by atoms with E-state index < -0.39 is 0 Å². The molecule has 2 rings (SSSR count).